The van der Waals surface area contributed by atoms with Crippen molar-refractivity contribution in [2.24, 2.45) is 0 Å². The Labute approximate surface area is 119 Å². The zero-order valence-electron chi connectivity index (χ0n) is 12.1. The number of aliphatic hydroxyl groups excluding tert-OH is 2. The Morgan fingerprint density at radius 2 is 1.50 bits per heavy atom. The molecule has 2 N–H and O–H groups in total. The molecule has 20 heavy (non-hydrogen) atoms. The lowest BCUT2D eigenvalue weighted by molar-refractivity contribution is 0.225. The Balaban J connectivity index is 2.43. The van der Waals surface area contributed by atoms with E-state index in [1.807, 2.05) is 6.92 Å². The molecule has 5 atom stereocenters. The van der Waals surface area contributed by atoms with Crippen molar-refractivity contribution in [3.63, 3.8) is 0 Å². The summed E-state index contributed by atoms with van der Waals surface area (Å²) >= 11 is 0. The zero-order chi connectivity index (χ0) is 15.1. The van der Waals surface area contributed by atoms with E-state index >= 15 is 0 Å². The topological polar surface area (TPSA) is 99.7 Å². The molecule has 2 heterocycles. The third-order valence-electron chi connectivity index (χ3n) is 4.18. The molecule has 0 aromatic heterocycles. The van der Waals surface area contributed by atoms with Gasteiger partial charge in [0.2, 0.25) is 0 Å². The van der Waals surface area contributed by atoms with E-state index in [4.69, 9.17) is 9.47 Å². The second kappa shape index (κ2) is 5.83. The minimum absolute atomic E-state index is 0.386. The van der Waals surface area contributed by atoms with Crippen LogP contribution >= 0.6 is 14.3 Å². The number of rotatable bonds is 8. The maximum atomic E-state index is 13.4. The summed E-state index contributed by atoms with van der Waals surface area (Å²) in [5.41, 5.74) is 0. The fourth-order valence-electron chi connectivity index (χ4n) is 2.88. The van der Waals surface area contributed by atoms with E-state index in [-0.39, 0.29) is 0 Å². The maximum Gasteiger partial charge on any atom is 0.157 e. The molecule has 0 aromatic carbocycles. The molecule has 6 nitrogen and oxygen atoms in total. The Kier molecular flexibility index (Phi) is 4.86. The van der Waals surface area contributed by atoms with Crippen LogP contribution in [0, 0.1) is 0 Å². The standard InChI is InChI=1S/C12H24O6P2/c1-4-5-12(19(15,8(2)13)9(3)14)20(16,10-6-17-10)11-7-18-11/h8-14H,4-7H2,1-3H3. The van der Waals surface area contributed by atoms with Crippen molar-refractivity contribution < 1.29 is 28.8 Å². The monoisotopic (exact) mass is 326 g/mol. The summed E-state index contributed by atoms with van der Waals surface area (Å²) < 4.78 is 37.1. The Morgan fingerprint density at radius 1 is 1.10 bits per heavy atom. The third-order valence-corrected chi connectivity index (χ3v) is 13.5. The lowest BCUT2D eigenvalue weighted by Crippen LogP contribution is -2.27. The summed E-state index contributed by atoms with van der Waals surface area (Å²) in [6, 6.07) is 0. The van der Waals surface area contributed by atoms with Gasteiger partial charge in [0.25, 0.3) is 0 Å². The zero-order valence-corrected chi connectivity index (χ0v) is 13.9. The Morgan fingerprint density at radius 3 is 1.75 bits per heavy atom. The maximum absolute atomic E-state index is 13.4. The molecule has 0 bridgehead atoms. The first-order chi connectivity index (χ1) is 9.29. The molecule has 0 radical (unpaired) electrons. The van der Waals surface area contributed by atoms with Crippen molar-refractivity contribution >= 4 is 14.3 Å². The van der Waals surface area contributed by atoms with E-state index in [0.29, 0.717) is 26.1 Å². The van der Waals surface area contributed by atoms with E-state index in [1.165, 1.54) is 13.8 Å². The Bertz CT molecular complexity index is 391. The molecular formula is C12H24O6P2. The van der Waals surface area contributed by atoms with Crippen LogP contribution in [0.3, 0.4) is 0 Å². The van der Waals surface area contributed by atoms with Gasteiger partial charge in [-0.05, 0) is 20.3 Å². The molecule has 0 saturated carbocycles. The van der Waals surface area contributed by atoms with Crippen LogP contribution < -0.4 is 0 Å². The highest BCUT2D eigenvalue weighted by Gasteiger charge is 2.63. The summed E-state index contributed by atoms with van der Waals surface area (Å²) in [5, 5.41) is 19.2. The van der Waals surface area contributed by atoms with Gasteiger partial charge in [-0.3, -0.25) is 0 Å². The van der Waals surface area contributed by atoms with E-state index in [9.17, 15) is 19.3 Å². The molecule has 2 rings (SSSR count). The molecule has 2 saturated heterocycles. The van der Waals surface area contributed by atoms with Gasteiger partial charge in [-0.15, -0.1) is 0 Å². The normalized spacial score (nSPS) is 35.5. The SMILES string of the molecule is CCCC(P(=O)(C(C)O)C(C)O)P(=O)(C1CO1)C1CO1. The average molecular weight is 326 g/mol. The van der Waals surface area contributed by atoms with Crippen LogP contribution in [0.5, 0.6) is 0 Å². The molecule has 8 heteroatoms. The number of aliphatic hydroxyl groups is 2. The number of hydrogen-bond donors (Lipinski definition) is 2. The second-order valence-electron chi connectivity index (χ2n) is 5.64. The van der Waals surface area contributed by atoms with Crippen LogP contribution in [0.4, 0.5) is 0 Å². The molecule has 5 unspecified atom stereocenters. The van der Waals surface area contributed by atoms with Gasteiger partial charge >= 0.3 is 0 Å². The molecule has 2 aliphatic rings. The van der Waals surface area contributed by atoms with E-state index in [2.05, 4.69) is 0 Å². The minimum atomic E-state index is -3.45. The largest absolute Gasteiger partial charge is 0.386 e. The smallest absolute Gasteiger partial charge is 0.157 e. The van der Waals surface area contributed by atoms with Gasteiger partial charge in [0.05, 0.1) is 18.6 Å². The van der Waals surface area contributed by atoms with Crippen molar-refractivity contribution in [3.8, 4) is 0 Å². The molecule has 2 fully saturated rings. The van der Waals surface area contributed by atoms with E-state index < -0.39 is 43.1 Å². The Hall–Kier alpha value is 0.300. The molecule has 0 spiro atoms. The van der Waals surface area contributed by atoms with Gasteiger partial charge in [0.15, 0.2) is 14.3 Å². The van der Waals surface area contributed by atoms with Crippen LogP contribution in [0.1, 0.15) is 33.6 Å². The summed E-state index contributed by atoms with van der Waals surface area (Å²) in [5.74, 6) is -3.22. The predicted octanol–water partition coefficient (Wildman–Crippen LogP) is 2.23. The van der Waals surface area contributed by atoms with Crippen LogP contribution in [-0.4, -0.2) is 52.2 Å². The van der Waals surface area contributed by atoms with Crippen LogP contribution in [-0.2, 0) is 18.6 Å². The summed E-state index contributed by atoms with van der Waals surface area (Å²) in [6.45, 7) is 5.49. The van der Waals surface area contributed by atoms with Gasteiger partial charge in [-0.2, -0.15) is 0 Å². The van der Waals surface area contributed by atoms with Gasteiger partial charge < -0.3 is 28.8 Å². The third kappa shape index (κ3) is 2.67. The molecule has 0 amide bonds. The van der Waals surface area contributed by atoms with Gasteiger partial charge in [-0.1, -0.05) is 13.3 Å². The average Bonchev–Trinajstić information content (AvgIpc) is 3.24. The number of ether oxygens (including phenoxy) is 2. The van der Waals surface area contributed by atoms with Gasteiger partial charge in [-0.25, -0.2) is 0 Å². The summed E-state index contributed by atoms with van der Waals surface area (Å²) in [7, 11) is -6.48. The van der Waals surface area contributed by atoms with Crippen molar-refractivity contribution in [2.75, 3.05) is 13.2 Å². The van der Waals surface area contributed by atoms with E-state index in [0.717, 1.165) is 0 Å². The highest BCUT2D eigenvalue weighted by atomic mass is 31.2. The number of hydrogen-bond acceptors (Lipinski definition) is 6. The lowest BCUT2D eigenvalue weighted by atomic mass is 10.4. The lowest BCUT2D eigenvalue weighted by Gasteiger charge is -2.36. The van der Waals surface area contributed by atoms with Crippen molar-refractivity contribution in [1.82, 2.24) is 0 Å². The van der Waals surface area contributed by atoms with E-state index in [1.54, 1.807) is 0 Å². The van der Waals surface area contributed by atoms with Crippen molar-refractivity contribution in [1.29, 1.82) is 0 Å². The molecule has 2 aliphatic heterocycles. The molecule has 0 aromatic rings. The quantitative estimate of drug-likeness (QED) is 0.524. The molecule has 0 aliphatic carbocycles. The van der Waals surface area contributed by atoms with Gasteiger partial charge in [0, 0.05) is 0 Å². The van der Waals surface area contributed by atoms with Gasteiger partial charge in [0.1, 0.15) is 23.4 Å². The first-order valence-corrected chi connectivity index (χ1v) is 10.9. The molecular weight excluding hydrogens is 302 g/mol. The van der Waals surface area contributed by atoms with Crippen LogP contribution in [0.25, 0.3) is 0 Å². The fourth-order valence-corrected chi connectivity index (χ4v) is 12.4. The highest BCUT2D eigenvalue weighted by molar-refractivity contribution is 7.83. The summed E-state index contributed by atoms with van der Waals surface area (Å²) in [4.78, 5) is 0. The summed E-state index contributed by atoms with van der Waals surface area (Å²) in [6.07, 6.45) is 1.11. The van der Waals surface area contributed by atoms with Crippen LogP contribution in [0.15, 0.2) is 0 Å². The van der Waals surface area contributed by atoms with Crippen LogP contribution in [0.2, 0.25) is 0 Å². The first-order valence-electron chi connectivity index (χ1n) is 7.07. The van der Waals surface area contributed by atoms with Crippen molar-refractivity contribution in [2.45, 2.75) is 62.4 Å². The number of epoxide rings is 2. The molecule has 118 valence electrons. The predicted molar refractivity (Wildman–Crippen MR) is 76.8 cm³/mol. The highest BCUT2D eigenvalue weighted by Crippen LogP contribution is 2.79. The minimum Gasteiger partial charge on any atom is -0.386 e. The second-order valence-corrected chi connectivity index (χ2v) is 13.0. The van der Waals surface area contributed by atoms with Crippen molar-refractivity contribution in [3.05, 3.63) is 0 Å². The first kappa shape index (κ1) is 16.7. The fraction of sp³-hybridized carbons (Fsp3) is 1.00.